The maximum atomic E-state index is 14.2. The van der Waals surface area contributed by atoms with E-state index in [1.165, 1.54) is 11.0 Å². The molecule has 1 fully saturated rings. The number of rotatable bonds is 11. The van der Waals surface area contributed by atoms with E-state index < -0.39 is 34.3 Å². The lowest BCUT2D eigenvalue weighted by molar-refractivity contribution is -0.140. The van der Waals surface area contributed by atoms with Gasteiger partial charge in [0.15, 0.2) is 0 Å². The van der Waals surface area contributed by atoms with Gasteiger partial charge in [-0.15, -0.1) is 0 Å². The average molecular weight is 669 g/mol. The van der Waals surface area contributed by atoms with Gasteiger partial charge < -0.3 is 10.2 Å². The zero-order chi connectivity index (χ0) is 31.1. The Bertz CT molecular complexity index is 1550. The van der Waals surface area contributed by atoms with E-state index in [4.69, 9.17) is 34.8 Å². The van der Waals surface area contributed by atoms with Gasteiger partial charge in [0.05, 0.1) is 27.0 Å². The van der Waals surface area contributed by atoms with Gasteiger partial charge in [0, 0.05) is 19.0 Å². The molecular formula is C31H33Cl3FN3O4S. The topological polar surface area (TPSA) is 86.8 Å². The molecule has 43 heavy (non-hydrogen) atoms. The summed E-state index contributed by atoms with van der Waals surface area (Å²) in [4.78, 5) is 29.5. The molecule has 7 nitrogen and oxygen atoms in total. The highest BCUT2D eigenvalue weighted by molar-refractivity contribution is 7.92. The smallest absolute Gasteiger partial charge is 0.244 e. The molecule has 1 aliphatic carbocycles. The van der Waals surface area contributed by atoms with Crippen molar-refractivity contribution in [2.24, 2.45) is 0 Å². The van der Waals surface area contributed by atoms with E-state index in [9.17, 15) is 22.4 Å². The minimum absolute atomic E-state index is 0.0167. The van der Waals surface area contributed by atoms with Crippen LogP contribution in [0.1, 0.15) is 43.2 Å². The van der Waals surface area contributed by atoms with Gasteiger partial charge in [0.25, 0.3) is 0 Å². The Labute approximate surface area is 267 Å². The van der Waals surface area contributed by atoms with Crippen molar-refractivity contribution < 1.29 is 22.4 Å². The molecule has 1 saturated carbocycles. The van der Waals surface area contributed by atoms with Crippen LogP contribution >= 0.6 is 34.8 Å². The molecule has 3 aromatic carbocycles. The predicted molar refractivity (Wildman–Crippen MR) is 170 cm³/mol. The van der Waals surface area contributed by atoms with Crippen molar-refractivity contribution in [2.45, 2.75) is 57.2 Å². The first-order valence-corrected chi connectivity index (χ1v) is 16.9. The molecule has 4 rings (SSSR count). The van der Waals surface area contributed by atoms with Crippen LogP contribution in [0.25, 0.3) is 0 Å². The molecule has 0 aliphatic heterocycles. The SMILES string of the molecule is CS(=O)(=O)N(CC(=O)N(Cc1ccc(Cl)c(Cl)c1)[C@H](Cc1ccccc1)C(=O)NC1CCCCC1)c1ccc(F)c(Cl)c1. The summed E-state index contributed by atoms with van der Waals surface area (Å²) in [5, 5.41) is 3.45. The Morgan fingerprint density at radius 2 is 1.60 bits per heavy atom. The number of nitrogens with one attached hydrogen (secondary N) is 1. The molecule has 0 heterocycles. The summed E-state index contributed by atoms with van der Waals surface area (Å²) in [7, 11) is -4.02. The lowest BCUT2D eigenvalue weighted by Crippen LogP contribution is -2.55. The average Bonchev–Trinajstić information content (AvgIpc) is 2.97. The van der Waals surface area contributed by atoms with E-state index in [1.807, 2.05) is 30.3 Å². The first kappa shape index (κ1) is 33.1. The molecule has 0 radical (unpaired) electrons. The minimum atomic E-state index is -4.02. The highest BCUT2D eigenvalue weighted by Crippen LogP contribution is 2.27. The van der Waals surface area contributed by atoms with Crippen LogP contribution in [0.4, 0.5) is 10.1 Å². The van der Waals surface area contributed by atoms with Crippen molar-refractivity contribution in [1.82, 2.24) is 10.2 Å². The van der Waals surface area contributed by atoms with Crippen LogP contribution in [0.15, 0.2) is 66.7 Å². The number of sulfonamides is 1. The highest BCUT2D eigenvalue weighted by atomic mass is 35.5. The molecule has 0 spiro atoms. The second-order valence-electron chi connectivity index (χ2n) is 10.7. The van der Waals surface area contributed by atoms with Gasteiger partial charge in [0.2, 0.25) is 21.8 Å². The number of carbonyl (C=O) groups is 2. The van der Waals surface area contributed by atoms with E-state index in [1.54, 1.807) is 18.2 Å². The van der Waals surface area contributed by atoms with Crippen LogP contribution in [-0.2, 0) is 32.6 Å². The van der Waals surface area contributed by atoms with Gasteiger partial charge in [-0.05, 0) is 54.3 Å². The Hall–Kier alpha value is -2.85. The highest BCUT2D eigenvalue weighted by Gasteiger charge is 2.34. The molecule has 0 aromatic heterocycles. The van der Waals surface area contributed by atoms with Crippen molar-refractivity contribution in [1.29, 1.82) is 0 Å². The van der Waals surface area contributed by atoms with E-state index in [0.717, 1.165) is 60.4 Å². The molecule has 3 aromatic rings. The molecule has 0 unspecified atom stereocenters. The molecular weight excluding hydrogens is 636 g/mol. The molecule has 0 bridgehead atoms. The second kappa shape index (κ2) is 14.8. The number of halogens is 4. The first-order valence-electron chi connectivity index (χ1n) is 13.9. The maximum Gasteiger partial charge on any atom is 0.244 e. The van der Waals surface area contributed by atoms with Crippen LogP contribution < -0.4 is 9.62 Å². The lowest BCUT2D eigenvalue weighted by atomic mass is 9.94. The third-order valence-corrected chi connectivity index (χ3v) is 9.60. The summed E-state index contributed by atoms with van der Waals surface area (Å²) in [5.41, 5.74) is 1.44. The zero-order valence-corrected chi connectivity index (χ0v) is 26.7. The normalized spacial score (nSPS) is 14.6. The first-order chi connectivity index (χ1) is 20.4. The molecule has 1 atom stereocenters. The maximum absolute atomic E-state index is 14.2. The number of amides is 2. The summed E-state index contributed by atoms with van der Waals surface area (Å²) in [6.45, 7) is -0.697. The van der Waals surface area contributed by atoms with Crippen LogP contribution in [0, 0.1) is 5.82 Å². The van der Waals surface area contributed by atoms with Crippen LogP contribution in [0.2, 0.25) is 15.1 Å². The Morgan fingerprint density at radius 3 is 2.23 bits per heavy atom. The standard InChI is InChI=1S/C31H33Cl3FN3O4S/c1-43(41,42)38(24-13-15-28(35)27(34)18-24)20-30(39)37(19-22-12-14-25(32)26(33)16-22)29(17-21-8-4-2-5-9-21)31(40)36-23-10-6-3-7-11-23/h2,4-5,8-9,12-16,18,23,29H,3,6-7,10-11,17,19-20H2,1H3,(H,36,40)/t29-/m1/s1. The van der Waals surface area contributed by atoms with E-state index in [2.05, 4.69) is 5.32 Å². The Morgan fingerprint density at radius 1 is 0.907 bits per heavy atom. The number of anilines is 1. The van der Waals surface area contributed by atoms with E-state index in [-0.39, 0.29) is 40.6 Å². The zero-order valence-electron chi connectivity index (χ0n) is 23.6. The number of carbonyl (C=O) groups excluding carboxylic acids is 2. The molecule has 1 N–H and O–H groups in total. The van der Waals surface area contributed by atoms with Gasteiger partial charge in [-0.25, -0.2) is 12.8 Å². The monoisotopic (exact) mass is 667 g/mol. The third kappa shape index (κ3) is 9.08. The predicted octanol–water partition coefficient (Wildman–Crippen LogP) is 6.64. The minimum Gasteiger partial charge on any atom is -0.352 e. The summed E-state index contributed by atoms with van der Waals surface area (Å²) in [5.74, 6) is -1.70. The Kier molecular flexibility index (Phi) is 11.3. The fraction of sp³-hybridized carbons (Fsp3) is 0.355. The van der Waals surface area contributed by atoms with Crippen molar-refractivity contribution in [2.75, 3.05) is 17.1 Å². The van der Waals surface area contributed by atoms with Gasteiger partial charge in [-0.2, -0.15) is 0 Å². The lowest BCUT2D eigenvalue weighted by Gasteiger charge is -2.35. The van der Waals surface area contributed by atoms with Crippen LogP contribution in [-0.4, -0.2) is 50.0 Å². The fourth-order valence-electron chi connectivity index (χ4n) is 5.19. The van der Waals surface area contributed by atoms with Crippen LogP contribution in [0.3, 0.4) is 0 Å². The number of hydrogen-bond donors (Lipinski definition) is 1. The summed E-state index contributed by atoms with van der Waals surface area (Å²) in [6, 6.07) is 16.6. The van der Waals surface area contributed by atoms with Crippen molar-refractivity contribution >= 4 is 62.3 Å². The van der Waals surface area contributed by atoms with Gasteiger partial charge >= 0.3 is 0 Å². The van der Waals surface area contributed by atoms with Gasteiger partial charge in [0.1, 0.15) is 18.4 Å². The number of nitrogens with zero attached hydrogens (tertiary/aromatic N) is 2. The fourth-order valence-corrected chi connectivity index (χ4v) is 6.52. The van der Waals surface area contributed by atoms with E-state index >= 15 is 0 Å². The summed E-state index contributed by atoms with van der Waals surface area (Å²) < 4.78 is 40.5. The summed E-state index contributed by atoms with van der Waals surface area (Å²) >= 11 is 18.4. The molecule has 0 saturated heterocycles. The molecule has 1 aliphatic rings. The molecule has 12 heteroatoms. The quantitative estimate of drug-likeness (QED) is 0.248. The van der Waals surface area contributed by atoms with E-state index in [0.29, 0.717) is 10.6 Å². The van der Waals surface area contributed by atoms with Crippen molar-refractivity contribution in [3.63, 3.8) is 0 Å². The molecule has 230 valence electrons. The summed E-state index contributed by atoms with van der Waals surface area (Å²) in [6.07, 6.45) is 5.94. The number of benzene rings is 3. The number of hydrogen-bond acceptors (Lipinski definition) is 4. The van der Waals surface area contributed by atoms with Gasteiger partial charge in [-0.1, -0.05) is 90.5 Å². The molecule has 2 amide bonds. The van der Waals surface area contributed by atoms with Crippen molar-refractivity contribution in [3.8, 4) is 0 Å². The van der Waals surface area contributed by atoms with Gasteiger partial charge in [-0.3, -0.25) is 13.9 Å². The van der Waals surface area contributed by atoms with Crippen molar-refractivity contribution in [3.05, 3.63) is 98.7 Å². The Balaban J connectivity index is 1.74. The second-order valence-corrected chi connectivity index (χ2v) is 13.8. The van der Waals surface area contributed by atoms with Crippen LogP contribution in [0.5, 0.6) is 0 Å². The largest absolute Gasteiger partial charge is 0.352 e. The third-order valence-electron chi connectivity index (χ3n) is 7.43.